The zero-order chi connectivity index (χ0) is 14.8. The molecule has 0 aromatic heterocycles. The van der Waals surface area contributed by atoms with Gasteiger partial charge in [-0.1, -0.05) is 13.5 Å². The van der Waals surface area contributed by atoms with Gasteiger partial charge in [-0.15, -0.1) is 0 Å². The Bertz CT molecular complexity index is 262. The van der Waals surface area contributed by atoms with Gasteiger partial charge in [-0.05, 0) is 39.0 Å². The van der Waals surface area contributed by atoms with Crippen molar-refractivity contribution < 1.29 is 17.8 Å². The molecule has 0 N–H and O–H groups in total. The standard InChI is InChI=1S/C12H27O4Si3/c1-7-12(13)14-10-8-9-11(2)19(15-17(3)4)16-18(5)6/h7,11,17-18H,1,8-10H2,2-6H3. The van der Waals surface area contributed by atoms with Gasteiger partial charge < -0.3 is 13.0 Å². The maximum Gasteiger partial charge on any atom is 0.365 e. The topological polar surface area (TPSA) is 44.8 Å². The molecule has 1 unspecified atom stereocenters. The lowest BCUT2D eigenvalue weighted by molar-refractivity contribution is -0.137. The summed E-state index contributed by atoms with van der Waals surface area (Å²) < 4.78 is 17.1. The number of rotatable bonds is 10. The number of hydrogen-bond acceptors (Lipinski definition) is 4. The molecule has 1 radical (unpaired) electrons. The van der Waals surface area contributed by atoms with Crippen LogP contribution in [0.3, 0.4) is 0 Å². The molecule has 111 valence electrons. The summed E-state index contributed by atoms with van der Waals surface area (Å²) in [5.41, 5.74) is 0.428. The van der Waals surface area contributed by atoms with E-state index in [0.717, 1.165) is 12.8 Å². The van der Waals surface area contributed by atoms with Crippen LogP contribution in [0.5, 0.6) is 0 Å². The van der Waals surface area contributed by atoms with Crippen LogP contribution >= 0.6 is 0 Å². The van der Waals surface area contributed by atoms with Gasteiger partial charge in [0.15, 0.2) is 18.1 Å². The molecule has 0 saturated carbocycles. The lowest BCUT2D eigenvalue weighted by Crippen LogP contribution is -2.36. The van der Waals surface area contributed by atoms with E-state index < -0.39 is 27.4 Å². The number of ether oxygens (including phenoxy) is 1. The first-order valence-corrected chi connectivity index (χ1v) is 13.8. The summed E-state index contributed by atoms with van der Waals surface area (Å²) in [7, 11) is -3.29. The summed E-state index contributed by atoms with van der Waals surface area (Å²) in [6.07, 6.45) is 3.02. The Morgan fingerprint density at radius 3 is 2.21 bits per heavy atom. The summed E-state index contributed by atoms with van der Waals surface area (Å²) in [5.74, 6) is -0.352. The van der Waals surface area contributed by atoms with Crippen molar-refractivity contribution >= 4 is 33.3 Å². The molecular formula is C12H27O4Si3. The molecule has 0 aliphatic heterocycles. The van der Waals surface area contributed by atoms with Crippen molar-refractivity contribution in [2.24, 2.45) is 0 Å². The third-order valence-corrected chi connectivity index (χ3v) is 9.02. The van der Waals surface area contributed by atoms with Crippen molar-refractivity contribution in [2.45, 2.75) is 51.5 Å². The van der Waals surface area contributed by atoms with Crippen molar-refractivity contribution in [1.29, 1.82) is 0 Å². The predicted octanol–water partition coefficient (Wildman–Crippen LogP) is 2.37. The molecule has 0 fully saturated rings. The maximum atomic E-state index is 10.9. The third-order valence-electron chi connectivity index (χ3n) is 2.30. The Morgan fingerprint density at radius 1 is 1.26 bits per heavy atom. The highest BCUT2D eigenvalue weighted by atomic mass is 28.4. The van der Waals surface area contributed by atoms with Gasteiger partial charge in [0.1, 0.15) is 0 Å². The van der Waals surface area contributed by atoms with Crippen LogP contribution in [0.4, 0.5) is 0 Å². The minimum absolute atomic E-state index is 0.352. The Kier molecular flexibility index (Phi) is 10.4. The Labute approximate surface area is 122 Å². The van der Waals surface area contributed by atoms with Gasteiger partial charge in [0.2, 0.25) is 0 Å². The molecule has 1 atom stereocenters. The van der Waals surface area contributed by atoms with Crippen LogP contribution in [-0.4, -0.2) is 39.9 Å². The Hall–Kier alpha value is -0.219. The number of hydrogen-bond donors (Lipinski definition) is 0. The number of carbonyl (C=O) groups is 1. The molecule has 0 saturated heterocycles. The second-order valence-corrected chi connectivity index (χ2v) is 12.8. The molecule has 0 spiro atoms. The summed E-state index contributed by atoms with van der Waals surface area (Å²) in [6, 6.07) is 0. The van der Waals surface area contributed by atoms with Crippen LogP contribution in [0.2, 0.25) is 31.7 Å². The van der Waals surface area contributed by atoms with Crippen LogP contribution in [-0.2, 0) is 17.8 Å². The zero-order valence-corrected chi connectivity index (χ0v) is 16.1. The van der Waals surface area contributed by atoms with Gasteiger partial charge in [-0.25, -0.2) is 4.79 Å². The predicted molar refractivity (Wildman–Crippen MR) is 85.5 cm³/mol. The molecule has 0 aromatic rings. The van der Waals surface area contributed by atoms with Crippen LogP contribution < -0.4 is 0 Å². The van der Waals surface area contributed by atoms with E-state index in [1.54, 1.807) is 0 Å². The van der Waals surface area contributed by atoms with Crippen molar-refractivity contribution in [3.8, 4) is 0 Å². The Balaban J connectivity index is 4.05. The third kappa shape index (κ3) is 10.3. The summed E-state index contributed by atoms with van der Waals surface area (Å²) in [4.78, 5) is 10.9. The zero-order valence-electron chi connectivity index (χ0n) is 12.8. The van der Waals surface area contributed by atoms with E-state index in [0.29, 0.717) is 12.1 Å². The van der Waals surface area contributed by atoms with E-state index in [4.69, 9.17) is 13.0 Å². The van der Waals surface area contributed by atoms with Gasteiger partial charge in [-0.3, -0.25) is 0 Å². The molecule has 0 aliphatic carbocycles. The molecule has 0 aliphatic rings. The lowest BCUT2D eigenvalue weighted by Gasteiger charge is -2.25. The minimum atomic E-state index is -1.16. The summed E-state index contributed by atoms with van der Waals surface area (Å²) >= 11 is 0. The summed E-state index contributed by atoms with van der Waals surface area (Å²) in [6.45, 7) is 14.7. The number of esters is 1. The van der Waals surface area contributed by atoms with Crippen LogP contribution in [0.1, 0.15) is 19.8 Å². The SMILES string of the molecule is C=CC(=O)OCCCC(C)[Si](O[SiH](C)C)O[SiH](C)C. The largest absolute Gasteiger partial charge is 0.463 e. The quantitative estimate of drug-likeness (QED) is 0.268. The first kappa shape index (κ1) is 18.8. The van der Waals surface area contributed by atoms with Crippen molar-refractivity contribution in [3.05, 3.63) is 12.7 Å². The van der Waals surface area contributed by atoms with Crippen LogP contribution in [0, 0.1) is 0 Å². The summed E-state index contributed by atoms with van der Waals surface area (Å²) in [5, 5.41) is 0. The highest BCUT2D eigenvalue weighted by Crippen LogP contribution is 2.20. The smallest absolute Gasteiger partial charge is 0.365 e. The van der Waals surface area contributed by atoms with Crippen molar-refractivity contribution in [1.82, 2.24) is 0 Å². The molecule has 0 rings (SSSR count). The van der Waals surface area contributed by atoms with Crippen LogP contribution in [0.15, 0.2) is 12.7 Å². The van der Waals surface area contributed by atoms with Gasteiger partial charge >= 0.3 is 15.3 Å². The second-order valence-electron chi connectivity index (χ2n) is 5.07. The molecule has 7 heteroatoms. The fourth-order valence-corrected chi connectivity index (χ4v) is 8.20. The fraction of sp³-hybridized carbons (Fsp3) is 0.750. The Morgan fingerprint density at radius 2 is 1.79 bits per heavy atom. The molecule has 4 nitrogen and oxygen atoms in total. The highest BCUT2D eigenvalue weighted by Gasteiger charge is 2.26. The van der Waals surface area contributed by atoms with E-state index in [-0.39, 0.29) is 5.97 Å². The molecular weight excluding hydrogens is 292 g/mol. The lowest BCUT2D eigenvalue weighted by atomic mass is 10.2. The highest BCUT2D eigenvalue weighted by molar-refractivity contribution is 6.68. The molecule has 19 heavy (non-hydrogen) atoms. The molecule has 0 bridgehead atoms. The molecule has 0 heterocycles. The van der Waals surface area contributed by atoms with Crippen molar-refractivity contribution in [2.75, 3.05) is 6.61 Å². The van der Waals surface area contributed by atoms with E-state index in [2.05, 4.69) is 39.7 Å². The van der Waals surface area contributed by atoms with E-state index in [9.17, 15) is 4.79 Å². The van der Waals surface area contributed by atoms with E-state index in [1.165, 1.54) is 6.08 Å². The van der Waals surface area contributed by atoms with Crippen molar-refractivity contribution in [3.63, 3.8) is 0 Å². The van der Waals surface area contributed by atoms with E-state index >= 15 is 0 Å². The minimum Gasteiger partial charge on any atom is -0.463 e. The monoisotopic (exact) mass is 319 g/mol. The van der Waals surface area contributed by atoms with Gasteiger partial charge in [-0.2, -0.15) is 0 Å². The van der Waals surface area contributed by atoms with Gasteiger partial charge in [0.05, 0.1) is 6.61 Å². The average molecular weight is 320 g/mol. The van der Waals surface area contributed by atoms with Crippen LogP contribution in [0.25, 0.3) is 0 Å². The van der Waals surface area contributed by atoms with Gasteiger partial charge in [0, 0.05) is 11.6 Å². The van der Waals surface area contributed by atoms with Gasteiger partial charge in [0.25, 0.3) is 0 Å². The first-order chi connectivity index (χ1) is 8.86. The molecule has 0 amide bonds. The second kappa shape index (κ2) is 10.6. The van der Waals surface area contributed by atoms with E-state index in [1.807, 2.05) is 0 Å². The average Bonchev–Trinajstić information content (AvgIpc) is 2.31. The number of carbonyl (C=O) groups excluding carboxylic acids is 1. The normalized spacial score (nSPS) is 13.1. The maximum absolute atomic E-state index is 10.9. The fourth-order valence-electron chi connectivity index (χ4n) is 1.46. The first-order valence-electron chi connectivity index (χ1n) is 6.86. The molecule has 0 aromatic carbocycles.